The van der Waals surface area contributed by atoms with Gasteiger partial charge < -0.3 is 15.7 Å². The number of nitrogens with zero attached hydrogens (tertiary/aromatic N) is 2. The van der Waals surface area contributed by atoms with E-state index in [0.717, 1.165) is 43.1 Å². The number of aliphatic imine (C=N–C) groups is 1. The van der Waals surface area contributed by atoms with Gasteiger partial charge in [0.15, 0.2) is 5.96 Å². The van der Waals surface area contributed by atoms with E-state index in [1.165, 1.54) is 29.7 Å². The molecule has 1 aromatic rings. The Morgan fingerprint density at radius 3 is 2.54 bits per heavy atom. The van der Waals surface area contributed by atoms with Gasteiger partial charge in [-0.25, -0.2) is 17.7 Å². The minimum absolute atomic E-state index is 0. The van der Waals surface area contributed by atoms with Gasteiger partial charge in [-0.3, -0.25) is 0 Å². The van der Waals surface area contributed by atoms with Gasteiger partial charge in [0.1, 0.15) is 4.21 Å². The van der Waals surface area contributed by atoms with E-state index in [2.05, 4.69) is 15.6 Å². The first-order chi connectivity index (χ1) is 11.8. The predicted molar refractivity (Wildman–Crippen MR) is 117 cm³/mol. The molecule has 0 bridgehead atoms. The van der Waals surface area contributed by atoms with Gasteiger partial charge in [0.05, 0.1) is 12.6 Å². The zero-order valence-electron chi connectivity index (χ0n) is 15.4. The Morgan fingerprint density at radius 2 is 1.96 bits per heavy atom. The Morgan fingerprint density at radius 1 is 1.31 bits per heavy atom. The Labute approximate surface area is 177 Å². The summed E-state index contributed by atoms with van der Waals surface area (Å²) in [5.74, 6) is 0.731. The standard InChI is InChI=1S/C16H28N4O3S2.HI/c1-4-17-16(19-12-5-7-13(21)8-6-12)18-11-14-9-10-15(24-14)25(22,23)20(2)3;/h9-10,12-13,21H,4-8,11H2,1-3H3,(H2,17,18,19);1H. The van der Waals surface area contributed by atoms with Crippen LogP contribution in [0.2, 0.25) is 0 Å². The molecule has 2 rings (SSSR count). The Bertz CT molecular complexity index is 683. The van der Waals surface area contributed by atoms with Crippen LogP contribution in [0, 0.1) is 0 Å². The lowest BCUT2D eigenvalue weighted by Crippen LogP contribution is -2.45. The monoisotopic (exact) mass is 516 g/mol. The Hall–Kier alpha value is -0.430. The van der Waals surface area contributed by atoms with Crippen molar-refractivity contribution in [1.82, 2.24) is 14.9 Å². The second kappa shape index (κ2) is 10.8. The summed E-state index contributed by atoms with van der Waals surface area (Å²) in [4.78, 5) is 5.47. The van der Waals surface area contributed by atoms with Crippen molar-refractivity contribution in [3.8, 4) is 0 Å². The SMILES string of the molecule is CCNC(=NCc1ccc(S(=O)(=O)N(C)C)s1)NC1CCC(O)CC1.I. The lowest BCUT2D eigenvalue weighted by molar-refractivity contribution is 0.120. The number of halogens is 1. The topological polar surface area (TPSA) is 94.0 Å². The molecule has 0 amide bonds. The molecule has 10 heteroatoms. The number of aliphatic hydroxyl groups is 1. The maximum Gasteiger partial charge on any atom is 0.252 e. The second-order valence-electron chi connectivity index (χ2n) is 6.35. The van der Waals surface area contributed by atoms with E-state index in [4.69, 9.17) is 0 Å². The number of rotatable bonds is 6. The summed E-state index contributed by atoms with van der Waals surface area (Å²) < 4.78 is 25.8. The van der Waals surface area contributed by atoms with E-state index in [9.17, 15) is 13.5 Å². The van der Waals surface area contributed by atoms with Gasteiger partial charge in [-0.05, 0) is 44.7 Å². The highest BCUT2D eigenvalue weighted by atomic mass is 127. The molecular weight excluding hydrogens is 487 g/mol. The molecule has 0 saturated heterocycles. The van der Waals surface area contributed by atoms with Crippen LogP contribution in [-0.2, 0) is 16.6 Å². The molecular formula is C16H29IN4O3S2. The molecule has 0 radical (unpaired) electrons. The minimum Gasteiger partial charge on any atom is -0.393 e. The molecule has 1 aliphatic rings. The summed E-state index contributed by atoms with van der Waals surface area (Å²) in [7, 11) is -0.326. The lowest BCUT2D eigenvalue weighted by Gasteiger charge is -2.27. The number of hydrogen-bond acceptors (Lipinski definition) is 5. The van der Waals surface area contributed by atoms with Crippen LogP contribution in [0.4, 0.5) is 0 Å². The van der Waals surface area contributed by atoms with Gasteiger partial charge in [0, 0.05) is 31.6 Å². The van der Waals surface area contributed by atoms with Gasteiger partial charge in [0.25, 0.3) is 10.0 Å². The van der Waals surface area contributed by atoms with Crippen LogP contribution in [0.15, 0.2) is 21.3 Å². The quantitative estimate of drug-likeness (QED) is 0.306. The molecule has 0 aliphatic heterocycles. The molecule has 1 saturated carbocycles. The van der Waals surface area contributed by atoms with E-state index < -0.39 is 10.0 Å². The van der Waals surface area contributed by atoms with Crippen molar-refractivity contribution in [2.45, 2.75) is 55.5 Å². The highest BCUT2D eigenvalue weighted by Crippen LogP contribution is 2.24. The average molecular weight is 516 g/mol. The van der Waals surface area contributed by atoms with Crippen molar-refractivity contribution in [3.05, 3.63) is 17.0 Å². The summed E-state index contributed by atoms with van der Waals surface area (Å²) in [6.07, 6.45) is 3.30. The summed E-state index contributed by atoms with van der Waals surface area (Å²) in [6, 6.07) is 3.76. The second-order valence-corrected chi connectivity index (χ2v) is 9.90. The molecule has 1 aliphatic carbocycles. The minimum atomic E-state index is -3.38. The van der Waals surface area contributed by atoms with Crippen LogP contribution in [-0.4, -0.2) is 56.6 Å². The number of aliphatic hydroxyl groups excluding tert-OH is 1. The Balaban J connectivity index is 0.00000338. The first-order valence-electron chi connectivity index (χ1n) is 8.57. The largest absolute Gasteiger partial charge is 0.393 e. The van der Waals surface area contributed by atoms with Crippen molar-refractivity contribution in [2.24, 2.45) is 4.99 Å². The summed E-state index contributed by atoms with van der Waals surface area (Å²) >= 11 is 1.25. The molecule has 1 heterocycles. The van der Waals surface area contributed by atoms with Crippen molar-refractivity contribution < 1.29 is 13.5 Å². The zero-order valence-corrected chi connectivity index (χ0v) is 19.4. The first-order valence-corrected chi connectivity index (χ1v) is 10.8. The van der Waals surface area contributed by atoms with E-state index in [0.29, 0.717) is 16.8 Å². The predicted octanol–water partition coefficient (Wildman–Crippen LogP) is 1.98. The van der Waals surface area contributed by atoms with Crippen LogP contribution < -0.4 is 10.6 Å². The van der Waals surface area contributed by atoms with Gasteiger partial charge in [-0.1, -0.05) is 0 Å². The third kappa shape index (κ3) is 6.63. The Kier molecular flexibility index (Phi) is 9.80. The van der Waals surface area contributed by atoms with Crippen LogP contribution in [0.3, 0.4) is 0 Å². The molecule has 1 fully saturated rings. The van der Waals surface area contributed by atoms with Crippen molar-refractivity contribution in [1.29, 1.82) is 0 Å². The van der Waals surface area contributed by atoms with Crippen molar-refractivity contribution in [3.63, 3.8) is 0 Å². The number of hydrogen-bond donors (Lipinski definition) is 3. The number of guanidine groups is 1. The third-order valence-corrected chi connectivity index (χ3v) is 7.50. The maximum atomic E-state index is 12.1. The summed E-state index contributed by atoms with van der Waals surface area (Å²) in [5.41, 5.74) is 0. The lowest BCUT2D eigenvalue weighted by atomic mass is 9.93. The maximum absolute atomic E-state index is 12.1. The molecule has 26 heavy (non-hydrogen) atoms. The highest BCUT2D eigenvalue weighted by molar-refractivity contribution is 14.0. The fraction of sp³-hybridized carbons (Fsp3) is 0.688. The molecule has 3 N–H and O–H groups in total. The number of thiophene rings is 1. The van der Waals surface area contributed by atoms with Crippen LogP contribution in [0.25, 0.3) is 0 Å². The van der Waals surface area contributed by atoms with Crippen LogP contribution >= 0.6 is 35.3 Å². The van der Waals surface area contributed by atoms with E-state index >= 15 is 0 Å². The molecule has 150 valence electrons. The van der Waals surface area contributed by atoms with Gasteiger partial charge in [0.2, 0.25) is 0 Å². The van der Waals surface area contributed by atoms with E-state index in [1.807, 2.05) is 13.0 Å². The van der Waals surface area contributed by atoms with Gasteiger partial charge in [-0.2, -0.15) is 0 Å². The van der Waals surface area contributed by atoms with E-state index in [1.54, 1.807) is 6.07 Å². The number of sulfonamides is 1. The smallest absolute Gasteiger partial charge is 0.252 e. The first kappa shape index (κ1) is 23.6. The molecule has 7 nitrogen and oxygen atoms in total. The zero-order chi connectivity index (χ0) is 18.4. The van der Waals surface area contributed by atoms with E-state index in [-0.39, 0.29) is 30.1 Å². The van der Waals surface area contributed by atoms with Crippen LogP contribution in [0.5, 0.6) is 0 Å². The molecule has 0 spiro atoms. The summed E-state index contributed by atoms with van der Waals surface area (Å²) in [5, 5.41) is 16.2. The summed E-state index contributed by atoms with van der Waals surface area (Å²) in [6.45, 7) is 3.19. The van der Waals surface area contributed by atoms with Crippen LogP contribution in [0.1, 0.15) is 37.5 Å². The van der Waals surface area contributed by atoms with Crippen molar-refractivity contribution >= 4 is 51.3 Å². The number of nitrogens with one attached hydrogen (secondary N) is 2. The molecule has 0 atom stereocenters. The third-order valence-electron chi connectivity index (χ3n) is 4.15. The molecule has 1 aromatic heterocycles. The van der Waals surface area contributed by atoms with Gasteiger partial charge in [-0.15, -0.1) is 35.3 Å². The molecule has 0 aromatic carbocycles. The van der Waals surface area contributed by atoms with Gasteiger partial charge >= 0.3 is 0 Å². The molecule has 0 unspecified atom stereocenters. The highest BCUT2D eigenvalue weighted by Gasteiger charge is 2.21. The van der Waals surface area contributed by atoms with Crippen molar-refractivity contribution in [2.75, 3.05) is 20.6 Å². The fourth-order valence-electron chi connectivity index (χ4n) is 2.65. The fourth-order valence-corrected chi connectivity index (χ4v) is 5.10. The normalized spacial score (nSPS) is 21.3. The average Bonchev–Trinajstić information content (AvgIpc) is 3.04.